The largest absolute Gasteiger partial charge is 0.481 e. The number of unbranched alkanes of at least 4 members (excludes halogenated alkanes) is 1. The lowest BCUT2D eigenvalue weighted by Crippen LogP contribution is -2.55. The van der Waals surface area contributed by atoms with Gasteiger partial charge in [0.1, 0.15) is 18.2 Å². The van der Waals surface area contributed by atoms with Gasteiger partial charge in [-0.1, -0.05) is 72.3 Å². The molecule has 3 atom stereocenters. The van der Waals surface area contributed by atoms with E-state index in [-0.39, 0.29) is 24.3 Å². The average molecular weight is 616 g/mol. The summed E-state index contributed by atoms with van der Waals surface area (Å²) in [5.41, 5.74) is 3.03. The summed E-state index contributed by atoms with van der Waals surface area (Å²) >= 11 is 0. The number of rotatable bonds is 18. The summed E-state index contributed by atoms with van der Waals surface area (Å²) in [6.07, 6.45) is -3.41. The Morgan fingerprint density at radius 1 is 0.818 bits per heavy atom. The van der Waals surface area contributed by atoms with Crippen LogP contribution in [-0.4, -0.2) is 86.3 Å². The van der Waals surface area contributed by atoms with Crippen molar-refractivity contribution in [1.29, 1.82) is 0 Å². The monoisotopic (exact) mass is 615 g/mol. The maximum absolute atomic E-state index is 10.8. The quantitative estimate of drug-likeness (QED) is 0.0711. The number of aliphatic hydroxyl groups excluding tert-OH is 4. The third-order valence-corrected chi connectivity index (χ3v) is 6.47. The highest BCUT2D eigenvalue weighted by molar-refractivity contribution is 5.68. The summed E-state index contributed by atoms with van der Waals surface area (Å²) in [7, 11) is 0. The average Bonchev–Trinajstić information content (AvgIpc) is 3.00. The molecule has 0 bridgehead atoms. The summed E-state index contributed by atoms with van der Waals surface area (Å²) in [6, 6.07) is 23.9. The van der Waals surface area contributed by atoms with Gasteiger partial charge in [0.2, 0.25) is 6.41 Å². The Balaban J connectivity index is 0.000000843. The first kappa shape index (κ1) is 36.8. The van der Waals surface area contributed by atoms with E-state index >= 15 is 0 Å². The van der Waals surface area contributed by atoms with Crippen molar-refractivity contribution >= 4 is 5.97 Å². The molecular formula is C32H45N3O9. The lowest BCUT2D eigenvalue weighted by Gasteiger charge is -2.28. The number of aryl methyl sites for hydroxylation is 2. The third-order valence-electron chi connectivity index (χ3n) is 6.47. The predicted octanol–water partition coefficient (Wildman–Crippen LogP) is 0.736. The molecule has 0 spiro atoms. The van der Waals surface area contributed by atoms with Crippen LogP contribution in [-0.2, 0) is 17.6 Å². The molecule has 0 aromatic heterocycles. The summed E-state index contributed by atoms with van der Waals surface area (Å²) in [5, 5.41) is 75.3. The topological polar surface area (TPSA) is 204 Å². The van der Waals surface area contributed by atoms with E-state index in [1.807, 2.05) is 36.4 Å². The highest BCUT2D eigenvalue weighted by atomic mass is 16.5. The Bertz CT molecular complexity index is 1200. The minimum Gasteiger partial charge on any atom is -0.481 e. The number of aliphatic hydroxyl groups is 6. The fourth-order valence-corrected chi connectivity index (χ4v) is 4.26. The van der Waals surface area contributed by atoms with Crippen molar-refractivity contribution in [2.24, 2.45) is 0 Å². The predicted molar refractivity (Wildman–Crippen MR) is 164 cm³/mol. The summed E-state index contributed by atoms with van der Waals surface area (Å²) < 4.78 is 5.10. The van der Waals surface area contributed by atoms with E-state index < -0.39 is 43.8 Å². The fourth-order valence-electron chi connectivity index (χ4n) is 4.26. The standard InChI is InChI=1S/C25H37N3O9.C7H8/c29-21(14-27-25(35)36)28-19(23(32)26-11-5-4-8-16-6-2-1-3-7-16)13-17-9-10-20(37-15-22(30)31)18(12-17)24(33)34;1-7-5-3-2-4-6-7/h1-3,6-7,9-10,12,19,21,23-29,32-36H,4-5,8,11,13-15H2,(H,30,31);2-6H,1H3. The lowest BCUT2D eigenvalue weighted by atomic mass is 10.0. The molecule has 3 aromatic rings. The maximum Gasteiger partial charge on any atom is 0.341 e. The number of hydrogen-bond acceptors (Lipinski definition) is 11. The van der Waals surface area contributed by atoms with Crippen LogP contribution < -0.4 is 20.7 Å². The number of benzene rings is 3. The van der Waals surface area contributed by atoms with Crippen molar-refractivity contribution in [3.8, 4) is 5.75 Å². The maximum atomic E-state index is 10.8. The highest BCUT2D eigenvalue weighted by Gasteiger charge is 2.23. The van der Waals surface area contributed by atoms with Gasteiger partial charge in [-0.25, -0.2) is 4.79 Å². The molecule has 0 heterocycles. The Kier molecular flexibility index (Phi) is 17.1. The summed E-state index contributed by atoms with van der Waals surface area (Å²) in [4.78, 5) is 10.8. The smallest absolute Gasteiger partial charge is 0.341 e. The molecule has 0 aliphatic carbocycles. The van der Waals surface area contributed by atoms with Crippen molar-refractivity contribution < 1.29 is 45.3 Å². The molecule has 0 saturated heterocycles. The van der Waals surface area contributed by atoms with Crippen LogP contribution in [0.15, 0.2) is 78.9 Å². The second-order valence-electron chi connectivity index (χ2n) is 10.2. The van der Waals surface area contributed by atoms with E-state index in [0.29, 0.717) is 12.1 Å². The molecule has 3 aromatic carbocycles. The van der Waals surface area contributed by atoms with Crippen LogP contribution in [0.1, 0.15) is 41.4 Å². The second kappa shape index (κ2) is 20.5. The molecule has 0 radical (unpaired) electrons. The normalized spacial score (nSPS) is 13.2. The van der Waals surface area contributed by atoms with E-state index in [1.54, 1.807) is 6.07 Å². The first-order valence-corrected chi connectivity index (χ1v) is 14.4. The lowest BCUT2D eigenvalue weighted by molar-refractivity contribution is -0.139. The first-order chi connectivity index (χ1) is 21.0. The Morgan fingerprint density at radius 2 is 1.48 bits per heavy atom. The van der Waals surface area contributed by atoms with Gasteiger partial charge in [0.05, 0.1) is 6.04 Å². The van der Waals surface area contributed by atoms with Crippen molar-refractivity contribution in [3.05, 3.63) is 101 Å². The number of carboxylic acid groups (broad SMARTS) is 1. The van der Waals surface area contributed by atoms with Crippen LogP contribution in [0, 0.1) is 6.92 Å². The molecule has 0 amide bonds. The van der Waals surface area contributed by atoms with E-state index in [4.69, 9.17) is 20.1 Å². The van der Waals surface area contributed by atoms with Crippen LogP contribution in [0.2, 0.25) is 0 Å². The van der Waals surface area contributed by atoms with Crippen molar-refractivity contribution in [1.82, 2.24) is 16.0 Å². The zero-order valence-corrected chi connectivity index (χ0v) is 24.8. The molecule has 12 heteroatoms. The first-order valence-electron chi connectivity index (χ1n) is 14.4. The van der Waals surface area contributed by atoms with E-state index in [2.05, 4.69) is 47.1 Å². The van der Waals surface area contributed by atoms with Gasteiger partial charge in [-0.05, 0) is 62.4 Å². The minimum atomic E-state index is -1.93. The van der Waals surface area contributed by atoms with Gasteiger partial charge in [-0.15, -0.1) is 0 Å². The van der Waals surface area contributed by atoms with Crippen LogP contribution in [0.5, 0.6) is 5.75 Å². The number of hydrogen-bond donors (Lipinski definition) is 10. The molecular weight excluding hydrogens is 570 g/mol. The fraction of sp³-hybridized carbons (Fsp3) is 0.406. The molecule has 0 aliphatic heterocycles. The number of ether oxygens (including phenoxy) is 1. The zero-order valence-electron chi connectivity index (χ0n) is 24.8. The third kappa shape index (κ3) is 15.3. The number of aliphatic carboxylic acids is 1. The molecule has 242 valence electrons. The van der Waals surface area contributed by atoms with E-state index in [1.165, 1.54) is 23.3 Å². The number of carboxylic acids is 1. The van der Waals surface area contributed by atoms with Crippen LogP contribution in [0.25, 0.3) is 0 Å². The number of nitrogens with one attached hydrogen (secondary N) is 3. The molecule has 12 nitrogen and oxygen atoms in total. The van der Waals surface area contributed by atoms with Gasteiger partial charge < -0.3 is 40.5 Å². The molecule has 0 saturated carbocycles. The van der Waals surface area contributed by atoms with Gasteiger partial charge in [0, 0.05) is 12.1 Å². The van der Waals surface area contributed by atoms with Crippen molar-refractivity contribution in [3.63, 3.8) is 0 Å². The Morgan fingerprint density at radius 3 is 2.05 bits per heavy atom. The summed E-state index contributed by atoms with van der Waals surface area (Å²) in [6.45, 7) is 1.70. The SMILES string of the molecule is Cc1ccccc1.O=C(O)COc1ccc(CC(NC(O)CNC(O)O)C(O)NCCCCc2ccccc2)cc1C(O)O. The van der Waals surface area contributed by atoms with Gasteiger partial charge in [-0.2, -0.15) is 0 Å². The van der Waals surface area contributed by atoms with Gasteiger partial charge >= 0.3 is 5.97 Å². The molecule has 3 unspecified atom stereocenters. The number of carbonyl (C=O) groups is 1. The minimum absolute atomic E-state index is 0.0103. The summed E-state index contributed by atoms with van der Waals surface area (Å²) in [5.74, 6) is -1.23. The molecule has 3 rings (SSSR count). The van der Waals surface area contributed by atoms with Crippen molar-refractivity contribution in [2.75, 3.05) is 19.7 Å². The molecule has 0 fully saturated rings. The van der Waals surface area contributed by atoms with E-state index in [0.717, 1.165) is 19.3 Å². The van der Waals surface area contributed by atoms with Gasteiger partial charge in [0.25, 0.3) is 0 Å². The molecule has 10 N–H and O–H groups in total. The molecule has 44 heavy (non-hydrogen) atoms. The van der Waals surface area contributed by atoms with Crippen LogP contribution >= 0.6 is 0 Å². The Hall–Kier alpha value is -3.43. The Labute approximate surface area is 257 Å². The van der Waals surface area contributed by atoms with Crippen LogP contribution in [0.4, 0.5) is 0 Å². The van der Waals surface area contributed by atoms with Gasteiger partial charge in [0.15, 0.2) is 12.9 Å². The molecule has 0 aliphatic rings. The van der Waals surface area contributed by atoms with E-state index in [9.17, 15) is 25.2 Å². The van der Waals surface area contributed by atoms with Crippen LogP contribution in [0.3, 0.4) is 0 Å². The highest BCUT2D eigenvalue weighted by Crippen LogP contribution is 2.26. The van der Waals surface area contributed by atoms with Crippen molar-refractivity contribution in [2.45, 2.75) is 63.8 Å². The van der Waals surface area contributed by atoms with Gasteiger partial charge in [-0.3, -0.25) is 16.0 Å². The zero-order chi connectivity index (χ0) is 32.3. The second-order valence-corrected chi connectivity index (χ2v) is 10.2.